The lowest BCUT2D eigenvalue weighted by Crippen LogP contribution is -2.25. The molecule has 0 spiro atoms. The molecule has 0 saturated carbocycles. The number of thiophene rings is 2. The molecule has 7 heteroatoms. The number of aromatic nitrogens is 1. The number of hydrogen-bond acceptors (Lipinski definition) is 5. The Bertz CT molecular complexity index is 837. The van der Waals surface area contributed by atoms with E-state index in [1.54, 1.807) is 34.0 Å². The van der Waals surface area contributed by atoms with Gasteiger partial charge in [-0.2, -0.15) is 0 Å². The van der Waals surface area contributed by atoms with Crippen molar-refractivity contribution < 1.29 is 4.79 Å². The van der Waals surface area contributed by atoms with E-state index in [9.17, 15) is 4.79 Å². The third-order valence-electron chi connectivity index (χ3n) is 3.68. The Balaban J connectivity index is 1.36. The van der Waals surface area contributed by atoms with E-state index in [2.05, 4.69) is 55.9 Å². The van der Waals surface area contributed by atoms with Gasteiger partial charge in [-0.25, -0.2) is 4.98 Å². The highest BCUT2D eigenvalue weighted by atomic mass is 79.9. The standard InChI is InChI=1S/C18H19BrN2OS3/c1-12-21-15(11-23-12)16-7-5-14(24-16)9-10-20-18(22)4-2-3-13-6-8-17(19)25-13/h5-8,11H,2-4,9-10H2,1H3,(H,20,22). The average Bonchev–Trinajstić information content (AvgIpc) is 3.29. The molecule has 0 fully saturated rings. The summed E-state index contributed by atoms with van der Waals surface area (Å²) in [6.07, 6.45) is 3.32. The van der Waals surface area contributed by atoms with Gasteiger partial charge in [-0.3, -0.25) is 4.79 Å². The highest BCUT2D eigenvalue weighted by Crippen LogP contribution is 2.29. The predicted molar refractivity (Wildman–Crippen MR) is 112 cm³/mol. The molecule has 0 radical (unpaired) electrons. The van der Waals surface area contributed by atoms with Crippen molar-refractivity contribution in [2.45, 2.75) is 32.6 Å². The number of carbonyl (C=O) groups excluding carboxylic acids is 1. The van der Waals surface area contributed by atoms with Gasteiger partial charge < -0.3 is 5.32 Å². The number of aryl methyl sites for hydroxylation is 2. The third-order valence-corrected chi connectivity index (χ3v) is 7.31. The number of thiazole rings is 1. The maximum Gasteiger partial charge on any atom is 0.220 e. The molecule has 0 unspecified atom stereocenters. The van der Waals surface area contributed by atoms with Crippen LogP contribution < -0.4 is 5.32 Å². The molecule has 1 N–H and O–H groups in total. The Hall–Kier alpha value is -1.02. The van der Waals surface area contributed by atoms with E-state index in [0.29, 0.717) is 13.0 Å². The number of rotatable bonds is 8. The second-order valence-corrected chi connectivity index (χ2v) is 10.5. The van der Waals surface area contributed by atoms with Crippen LogP contribution in [0.3, 0.4) is 0 Å². The normalized spacial score (nSPS) is 11.0. The van der Waals surface area contributed by atoms with Gasteiger partial charge in [0, 0.05) is 28.1 Å². The van der Waals surface area contributed by atoms with Crippen LogP contribution in [0, 0.1) is 6.92 Å². The molecule has 0 atom stereocenters. The van der Waals surface area contributed by atoms with Crippen molar-refractivity contribution in [3.63, 3.8) is 0 Å². The molecule has 3 rings (SSSR count). The van der Waals surface area contributed by atoms with Crippen LogP contribution in [-0.2, 0) is 17.6 Å². The van der Waals surface area contributed by atoms with Crippen molar-refractivity contribution in [3.8, 4) is 10.6 Å². The summed E-state index contributed by atoms with van der Waals surface area (Å²) in [5, 5.41) is 6.21. The number of nitrogens with one attached hydrogen (secondary N) is 1. The average molecular weight is 455 g/mol. The van der Waals surface area contributed by atoms with E-state index in [-0.39, 0.29) is 5.91 Å². The molecule has 3 aromatic rings. The second kappa shape index (κ2) is 9.07. The lowest BCUT2D eigenvalue weighted by molar-refractivity contribution is -0.121. The molecule has 0 aliphatic rings. The Kier molecular flexibility index (Phi) is 6.81. The van der Waals surface area contributed by atoms with Crippen LogP contribution in [0.4, 0.5) is 0 Å². The Morgan fingerprint density at radius 2 is 1.96 bits per heavy atom. The fraction of sp³-hybridized carbons (Fsp3) is 0.333. The molecular formula is C18H19BrN2OS3. The number of amides is 1. The first-order valence-electron chi connectivity index (χ1n) is 8.12. The molecule has 0 aliphatic carbocycles. The molecule has 1 amide bonds. The zero-order valence-electron chi connectivity index (χ0n) is 13.9. The smallest absolute Gasteiger partial charge is 0.220 e. The van der Waals surface area contributed by atoms with Crippen LogP contribution in [0.25, 0.3) is 10.6 Å². The second-order valence-electron chi connectivity index (χ2n) is 5.68. The molecule has 132 valence electrons. The van der Waals surface area contributed by atoms with Gasteiger partial charge in [-0.05, 0) is 66.4 Å². The van der Waals surface area contributed by atoms with Crippen LogP contribution in [0.1, 0.15) is 27.6 Å². The number of hydrogen-bond donors (Lipinski definition) is 1. The topological polar surface area (TPSA) is 42.0 Å². The Morgan fingerprint density at radius 3 is 2.68 bits per heavy atom. The highest BCUT2D eigenvalue weighted by Gasteiger charge is 2.07. The zero-order chi connectivity index (χ0) is 17.6. The maximum absolute atomic E-state index is 11.9. The minimum Gasteiger partial charge on any atom is -0.356 e. The summed E-state index contributed by atoms with van der Waals surface area (Å²) in [5.74, 6) is 0.141. The summed E-state index contributed by atoms with van der Waals surface area (Å²) >= 11 is 8.63. The monoisotopic (exact) mass is 454 g/mol. The largest absolute Gasteiger partial charge is 0.356 e. The first-order valence-corrected chi connectivity index (χ1v) is 11.4. The van der Waals surface area contributed by atoms with E-state index < -0.39 is 0 Å². The van der Waals surface area contributed by atoms with E-state index in [0.717, 1.165) is 33.8 Å². The van der Waals surface area contributed by atoms with Crippen LogP contribution in [-0.4, -0.2) is 17.4 Å². The molecule has 0 saturated heterocycles. The van der Waals surface area contributed by atoms with Gasteiger partial charge in [0.2, 0.25) is 5.91 Å². The van der Waals surface area contributed by atoms with Gasteiger partial charge in [-0.15, -0.1) is 34.0 Å². The Labute approximate surface area is 168 Å². The van der Waals surface area contributed by atoms with Crippen molar-refractivity contribution in [1.29, 1.82) is 0 Å². The fourth-order valence-electron chi connectivity index (χ4n) is 2.45. The highest BCUT2D eigenvalue weighted by molar-refractivity contribution is 9.11. The first kappa shape index (κ1) is 18.8. The lowest BCUT2D eigenvalue weighted by Gasteiger charge is -2.03. The van der Waals surface area contributed by atoms with Gasteiger partial charge in [0.25, 0.3) is 0 Å². The molecule has 25 heavy (non-hydrogen) atoms. The fourth-order valence-corrected chi connectivity index (χ4v) is 5.63. The summed E-state index contributed by atoms with van der Waals surface area (Å²) in [6, 6.07) is 8.43. The van der Waals surface area contributed by atoms with Crippen LogP contribution in [0.2, 0.25) is 0 Å². The molecule has 0 aliphatic heterocycles. The first-order chi connectivity index (χ1) is 12.1. The van der Waals surface area contributed by atoms with Crippen molar-refractivity contribution in [3.05, 3.63) is 48.2 Å². The van der Waals surface area contributed by atoms with Crippen molar-refractivity contribution in [2.75, 3.05) is 6.54 Å². The molecule has 0 aromatic carbocycles. The molecular weight excluding hydrogens is 436 g/mol. The summed E-state index contributed by atoms with van der Waals surface area (Å²) < 4.78 is 1.15. The minimum atomic E-state index is 0.141. The minimum absolute atomic E-state index is 0.141. The summed E-state index contributed by atoms with van der Waals surface area (Å²) in [5.41, 5.74) is 1.06. The SMILES string of the molecule is Cc1nc(-c2ccc(CCNC(=O)CCCc3ccc(Br)s3)s2)cs1. The number of carbonyl (C=O) groups is 1. The van der Waals surface area contributed by atoms with Crippen molar-refractivity contribution in [1.82, 2.24) is 10.3 Å². The zero-order valence-corrected chi connectivity index (χ0v) is 17.9. The van der Waals surface area contributed by atoms with Crippen LogP contribution in [0.15, 0.2) is 33.4 Å². The van der Waals surface area contributed by atoms with E-state index in [1.165, 1.54) is 14.6 Å². The molecule has 0 bridgehead atoms. The van der Waals surface area contributed by atoms with Gasteiger partial charge in [0.1, 0.15) is 0 Å². The van der Waals surface area contributed by atoms with E-state index in [1.807, 2.05) is 6.92 Å². The third kappa shape index (κ3) is 5.74. The van der Waals surface area contributed by atoms with Gasteiger partial charge in [0.15, 0.2) is 0 Å². The maximum atomic E-state index is 11.9. The van der Waals surface area contributed by atoms with Crippen molar-refractivity contribution >= 4 is 55.8 Å². The quantitative estimate of drug-likeness (QED) is 0.475. The molecule has 3 aromatic heterocycles. The van der Waals surface area contributed by atoms with Crippen molar-refractivity contribution in [2.24, 2.45) is 0 Å². The Morgan fingerprint density at radius 1 is 1.16 bits per heavy atom. The predicted octanol–water partition coefficient (Wildman–Crippen LogP) is 5.69. The van der Waals surface area contributed by atoms with Crippen LogP contribution in [0.5, 0.6) is 0 Å². The number of halogens is 1. The molecule has 3 nitrogen and oxygen atoms in total. The van der Waals surface area contributed by atoms with E-state index in [4.69, 9.17) is 0 Å². The molecule has 3 heterocycles. The summed E-state index contributed by atoms with van der Waals surface area (Å²) in [7, 11) is 0. The van der Waals surface area contributed by atoms with Gasteiger partial charge in [0.05, 0.1) is 19.4 Å². The number of nitrogens with zero attached hydrogens (tertiary/aromatic N) is 1. The van der Waals surface area contributed by atoms with Gasteiger partial charge >= 0.3 is 0 Å². The van der Waals surface area contributed by atoms with E-state index >= 15 is 0 Å². The summed E-state index contributed by atoms with van der Waals surface area (Å²) in [4.78, 5) is 20.3. The lowest BCUT2D eigenvalue weighted by atomic mass is 10.2. The van der Waals surface area contributed by atoms with Gasteiger partial charge in [-0.1, -0.05) is 0 Å². The van der Waals surface area contributed by atoms with Crippen LogP contribution >= 0.6 is 49.9 Å². The summed E-state index contributed by atoms with van der Waals surface area (Å²) in [6.45, 7) is 2.72.